The van der Waals surface area contributed by atoms with Crippen molar-refractivity contribution in [2.45, 2.75) is 19.4 Å². The molecule has 1 unspecified atom stereocenters. The number of nitrogens with zero attached hydrogens (tertiary/aromatic N) is 3. The molecule has 0 radical (unpaired) electrons. The van der Waals surface area contributed by atoms with Crippen molar-refractivity contribution in [1.82, 2.24) is 20.3 Å². The van der Waals surface area contributed by atoms with E-state index in [1.807, 2.05) is 6.92 Å². The summed E-state index contributed by atoms with van der Waals surface area (Å²) in [4.78, 5) is 33.0. The smallest absolute Gasteiger partial charge is 0.288 e. The van der Waals surface area contributed by atoms with Crippen molar-refractivity contribution in [2.24, 2.45) is 0 Å². The summed E-state index contributed by atoms with van der Waals surface area (Å²) in [5.41, 5.74) is 5.28. The van der Waals surface area contributed by atoms with Crippen LogP contribution in [0.1, 0.15) is 35.6 Å². The molecule has 2 rings (SSSR count). The molecule has 9 nitrogen and oxygen atoms in total. The average Bonchev–Trinajstić information content (AvgIpc) is 2.98. The Morgan fingerprint density at radius 2 is 2.33 bits per heavy atom. The fraction of sp³-hybridized carbons (Fsp3) is 0.250. The number of nitrogens with one attached hydrogen (secondary N) is 2. The van der Waals surface area contributed by atoms with E-state index < -0.39 is 10.8 Å². The van der Waals surface area contributed by atoms with E-state index >= 15 is 0 Å². The van der Waals surface area contributed by atoms with Crippen LogP contribution in [0.2, 0.25) is 0 Å². The molecule has 0 saturated carbocycles. The van der Waals surface area contributed by atoms with E-state index in [0.717, 1.165) is 12.3 Å². The Labute approximate surface area is 119 Å². The first-order valence-electron chi connectivity index (χ1n) is 6.23. The second-order valence-electron chi connectivity index (χ2n) is 4.29. The first kappa shape index (κ1) is 14.4. The van der Waals surface area contributed by atoms with Gasteiger partial charge in [0.15, 0.2) is 0 Å². The second-order valence-corrected chi connectivity index (χ2v) is 4.29. The number of carbonyl (C=O) groups is 1. The number of H-pyrrole nitrogens is 1. The average molecular weight is 290 g/mol. The fourth-order valence-electron chi connectivity index (χ4n) is 1.81. The van der Waals surface area contributed by atoms with Gasteiger partial charge in [-0.1, -0.05) is 6.92 Å². The Morgan fingerprint density at radius 1 is 1.57 bits per heavy atom. The normalized spacial score (nSPS) is 11.9. The number of aromatic amines is 1. The summed E-state index contributed by atoms with van der Waals surface area (Å²) in [6, 6.07) is 0.762. The Hall–Kier alpha value is -2.97. The van der Waals surface area contributed by atoms with Gasteiger partial charge in [-0.15, -0.1) is 0 Å². The first-order valence-corrected chi connectivity index (χ1v) is 6.23. The van der Waals surface area contributed by atoms with Crippen molar-refractivity contribution in [3.63, 3.8) is 0 Å². The molecule has 2 aromatic heterocycles. The van der Waals surface area contributed by atoms with Crippen molar-refractivity contribution in [3.8, 4) is 0 Å². The highest BCUT2D eigenvalue weighted by atomic mass is 16.6. The zero-order valence-electron chi connectivity index (χ0n) is 11.2. The van der Waals surface area contributed by atoms with Crippen molar-refractivity contribution < 1.29 is 9.72 Å². The third-order valence-corrected chi connectivity index (χ3v) is 2.92. The van der Waals surface area contributed by atoms with Gasteiger partial charge in [-0.25, -0.2) is 9.97 Å². The van der Waals surface area contributed by atoms with E-state index in [9.17, 15) is 14.9 Å². The molecule has 110 valence electrons. The summed E-state index contributed by atoms with van der Waals surface area (Å²) in [5, 5.41) is 13.4. The van der Waals surface area contributed by atoms with Gasteiger partial charge in [0, 0.05) is 18.5 Å². The lowest BCUT2D eigenvalue weighted by atomic mass is 10.1. The van der Waals surface area contributed by atoms with E-state index in [-0.39, 0.29) is 23.1 Å². The van der Waals surface area contributed by atoms with Crippen LogP contribution in [-0.2, 0) is 0 Å². The van der Waals surface area contributed by atoms with Crippen LogP contribution >= 0.6 is 0 Å². The van der Waals surface area contributed by atoms with E-state index in [0.29, 0.717) is 12.2 Å². The predicted molar refractivity (Wildman–Crippen MR) is 74.4 cm³/mol. The minimum Gasteiger partial charge on any atom is -0.383 e. The summed E-state index contributed by atoms with van der Waals surface area (Å²) < 4.78 is 0. The molecule has 1 amide bonds. The maximum atomic E-state index is 12.2. The molecule has 0 aromatic carbocycles. The number of nitrogens with two attached hydrogens (primary N) is 1. The molecular weight excluding hydrogens is 276 g/mol. The van der Waals surface area contributed by atoms with Crippen LogP contribution in [0.15, 0.2) is 24.7 Å². The number of amides is 1. The molecule has 0 aliphatic carbocycles. The molecule has 2 aromatic rings. The molecule has 0 fully saturated rings. The molecule has 2 heterocycles. The summed E-state index contributed by atoms with van der Waals surface area (Å²) in [5.74, 6) is 0.00200. The molecule has 9 heteroatoms. The van der Waals surface area contributed by atoms with Gasteiger partial charge in [0.1, 0.15) is 17.8 Å². The van der Waals surface area contributed by atoms with Gasteiger partial charge in [-0.2, -0.15) is 0 Å². The maximum Gasteiger partial charge on any atom is 0.288 e. The molecule has 4 N–H and O–H groups in total. The number of aromatic nitrogens is 3. The monoisotopic (exact) mass is 290 g/mol. The van der Waals surface area contributed by atoms with Crippen LogP contribution < -0.4 is 11.1 Å². The molecule has 1 atom stereocenters. The van der Waals surface area contributed by atoms with Crippen molar-refractivity contribution in [2.75, 3.05) is 5.73 Å². The third-order valence-electron chi connectivity index (χ3n) is 2.92. The number of pyridine rings is 1. The number of hydrogen-bond donors (Lipinski definition) is 3. The van der Waals surface area contributed by atoms with E-state index in [1.165, 1.54) is 0 Å². The van der Waals surface area contributed by atoms with Crippen molar-refractivity contribution >= 4 is 17.4 Å². The maximum absolute atomic E-state index is 12.2. The molecule has 0 saturated heterocycles. The predicted octanol–water partition coefficient (Wildman–Crippen LogP) is 1.18. The van der Waals surface area contributed by atoms with Gasteiger partial charge in [0.05, 0.1) is 16.5 Å². The number of anilines is 1. The molecule has 0 spiro atoms. The number of carbonyl (C=O) groups excluding carboxylic acids is 1. The number of hydrogen-bond acceptors (Lipinski definition) is 6. The lowest BCUT2D eigenvalue weighted by Crippen LogP contribution is -2.29. The summed E-state index contributed by atoms with van der Waals surface area (Å²) in [6.07, 6.45) is 4.83. The molecular formula is C12H14N6O3. The number of rotatable bonds is 5. The van der Waals surface area contributed by atoms with Crippen molar-refractivity contribution in [1.29, 1.82) is 0 Å². The highest BCUT2D eigenvalue weighted by Gasteiger charge is 2.20. The van der Waals surface area contributed by atoms with Gasteiger partial charge in [0.2, 0.25) is 0 Å². The molecule has 0 aliphatic rings. The second kappa shape index (κ2) is 5.99. The summed E-state index contributed by atoms with van der Waals surface area (Å²) >= 11 is 0. The summed E-state index contributed by atoms with van der Waals surface area (Å²) in [6.45, 7) is 1.88. The quantitative estimate of drug-likeness (QED) is 0.557. The van der Waals surface area contributed by atoms with Crippen LogP contribution in [0.4, 0.5) is 11.5 Å². The van der Waals surface area contributed by atoms with E-state index in [4.69, 9.17) is 5.73 Å². The lowest BCUT2D eigenvalue weighted by Gasteiger charge is -2.15. The number of nitrogen functional groups attached to an aromatic ring is 1. The molecule has 0 aliphatic heterocycles. The van der Waals surface area contributed by atoms with Crippen LogP contribution in [0.5, 0.6) is 0 Å². The minimum absolute atomic E-state index is 0.0331. The highest BCUT2D eigenvalue weighted by Crippen LogP contribution is 2.19. The Kier molecular flexibility index (Phi) is 4.12. The van der Waals surface area contributed by atoms with E-state index in [2.05, 4.69) is 20.3 Å². The standard InChI is InChI=1S/C12H14N6O3/c1-2-9(11-14-3-4-15-11)17-12(19)8-5-7(18(20)21)6-16-10(8)13/h3-6,9H,2H2,1H3,(H2,13,16)(H,14,15)(H,17,19). The van der Waals surface area contributed by atoms with Gasteiger partial charge in [-0.05, 0) is 6.42 Å². The zero-order valence-corrected chi connectivity index (χ0v) is 11.2. The topological polar surface area (TPSA) is 140 Å². The minimum atomic E-state index is -0.632. The van der Waals surface area contributed by atoms with Crippen LogP contribution in [-0.4, -0.2) is 25.8 Å². The van der Waals surface area contributed by atoms with Crippen molar-refractivity contribution in [3.05, 3.63) is 46.2 Å². The van der Waals surface area contributed by atoms with Crippen LogP contribution in [0.25, 0.3) is 0 Å². The van der Waals surface area contributed by atoms with Gasteiger partial charge < -0.3 is 16.0 Å². The Bertz CT molecular complexity index is 655. The third kappa shape index (κ3) is 3.14. The van der Waals surface area contributed by atoms with Crippen LogP contribution in [0, 0.1) is 10.1 Å². The molecule has 21 heavy (non-hydrogen) atoms. The van der Waals surface area contributed by atoms with Gasteiger partial charge in [-0.3, -0.25) is 14.9 Å². The van der Waals surface area contributed by atoms with E-state index in [1.54, 1.807) is 12.4 Å². The highest BCUT2D eigenvalue weighted by molar-refractivity contribution is 5.99. The largest absolute Gasteiger partial charge is 0.383 e. The Morgan fingerprint density at radius 3 is 2.90 bits per heavy atom. The fourth-order valence-corrected chi connectivity index (χ4v) is 1.81. The molecule has 0 bridgehead atoms. The Balaban J connectivity index is 2.23. The first-order chi connectivity index (χ1) is 10.0. The van der Waals surface area contributed by atoms with Gasteiger partial charge in [0.25, 0.3) is 11.6 Å². The van der Waals surface area contributed by atoms with Crippen LogP contribution in [0.3, 0.4) is 0 Å². The number of imidazole rings is 1. The lowest BCUT2D eigenvalue weighted by molar-refractivity contribution is -0.385. The SMILES string of the molecule is CCC(NC(=O)c1cc([N+](=O)[O-])cnc1N)c1ncc[nH]1. The van der Waals surface area contributed by atoms with Gasteiger partial charge >= 0.3 is 0 Å². The zero-order chi connectivity index (χ0) is 15.4. The summed E-state index contributed by atoms with van der Waals surface area (Å²) in [7, 11) is 0. The number of nitro groups is 1.